The first-order valence-corrected chi connectivity index (χ1v) is 21.8. The number of nitrogens with zero attached hydrogens (tertiary/aromatic N) is 3. The van der Waals surface area contributed by atoms with Gasteiger partial charge in [0, 0.05) is 48.6 Å². The maximum atomic E-state index is 13.8. The number of hydrogen-bond donors (Lipinski definition) is 4. The van der Waals surface area contributed by atoms with Crippen LogP contribution in [-0.2, 0) is 38.4 Å². The molecule has 2 aromatic heterocycles. The number of halogens is 1. The van der Waals surface area contributed by atoms with Gasteiger partial charge in [0.1, 0.15) is 22.9 Å². The Hall–Kier alpha value is -6.25. The fourth-order valence-corrected chi connectivity index (χ4v) is 8.58. The standard InChI is InChI=1S/C49H55ClN6O8/c1-28-36(31-18-19-56-41(23-31)51-24-33(45(56)60)25-55(47(62)64-49(5,6)7)26-34-16-17-42(58)52-34)10-8-11-37(28)39-13-9-12-38(43(39)50)30-15-14-29-21-35(22-32(29)20-30)53-44(59)40(27-57)54-46(61)63-48(2,3)4/h8-15,18-20,23-24,34-35,40,57H,16-17,21-22,25-27H2,1-7H3,(H,52,58)(H,53,59)(H,54,61)/t34-,35?,40?/m0/s1. The predicted molar refractivity (Wildman–Crippen MR) is 245 cm³/mol. The zero-order valence-electron chi connectivity index (χ0n) is 37.2. The molecular formula is C49H55ClN6O8. The molecule has 4 N–H and O–H groups in total. The van der Waals surface area contributed by atoms with Crippen LogP contribution in [0.15, 0.2) is 83.9 Å². The molecule has 4 amide bonds. The lowest BCUT2D eigenvalue weighted by atomic mass is 9.91. The second kappa shape index (κ2) is 18.5. The molecule has 3 atom stereocenters. The van der Waals surface area contributed by atoms with Gasteiger partial charge in [-0.3, -0.25) is 18.8 Å². The highest BCUT2D eigenvalue weighted by atomic mass is 35.5. The van der Waals surface area contributed by atoms with Crippen molar-refractivity contribution in [3.63, 3.8) is 0 Å². The van der Waals surface area contributed by atoms with Crippen LogP contribution in [0.5, 0.6) is 0 Å². The van der Waals surface area contributed by atoms with E-state index >= 15 is 0 Å². The number of carbonyl (C=O) groups is 4. The summed E-state index contributed by atoms with van der Waals surface area (Å²) >= 11 is 7.26. The van der Waals surface area contributed by atoms with E-state index in [0.29, 0.717) is 41.9 Å². The molecule has 64 heavy (non-hydrogen) atoms. The van der Waals surface area contributed by atoms with Crippen LogP contribution in [0.3, 0.4) is 0 Å². The monoisotopic (exact) mass is 890 g/mol. The first-order valence-electron chi connectivity index (χ1n) is 21.5. The van der Waals surface area contributed by atoms with Gasteiger partial charge in [0.05, 0.1) is 23.7 Å². The summed E-state index contributed by atoms with van der Waals surface area (Å²) in [4.78, 5) is 70.4. The molecule has 336 valence electrons. The molecule has 1 fully saturated rings. The van der Waals surface area contributed by atoms with Crippen LogP contribution in [0.1, 0.15) is 76.6 Å². The molecular weight excluding hydrogens is 836 g/mol. The van der Waals surface area contributed by atoms with Gasteiger partial charge in [0.2, 0.25) is 11.8 Å². The van der Waals surface area contributed by atoms with Gasteiger partial charge in [-0.25, -0.2) is 14.6 Å². The number of aliphatic hydroxyl groups is 1. The number of aliphatic hydroxyl groups excluding tert-OH is 1. The Morgan fingerprint density at radius 1 is 0.906 bits per heavy atom. The van der Waals surface area contributed by atoms with Gasteiger partial charge in [-0.1, -0.05) is 66.2 Å². The van der Waals surface area contributed by atoms with Crippen molar-refractivity contribution in [2.45, 2.75) is 110 Å². The Morgan fingerprint density at radius 3 is 2.27 bits per heavy atom. The van der Waals surface area contributed by atoms with Gasteiger partial charge in [-0.05, 0) is 119 Å². The second-order valence-electron chi connectivity index (χ2n) is 18.5. The molecule has 0 bridgehead atoms. The Bertz CT molecular complexity index is 2690. The Morgan fingerprint density at radius 2 is 1.58 bits per heavy atom. The highest BCUT2D eigenvalue weighted by Crippen LogP contribution is 2.41. The molecule has 1 aliphatic carbocycles. The third-order valence-electron chi connectivity index (χ3n) is 11.2. The Balaban J connectivity index is 1.09. The van der Waals surface area contributed by atoms with Gasteiger partial charge in [0.15, 0.2) is 0 Å². The predicted octanol–water partition coefficient (Wildman–Crippen LogP) is 7.14. The van der Waals surface area contributed by atoms with Gasteiger partial charge >= 0.3 is 12.2 Å². The van der Waals surface area contributed by atoms with E-state index in [9.17, 15) is 29.1 Å². The van der Waals surface area contributed by atoms with E-state index in [1.165, 1.54) is 15.5 Å². The summed E-state index contributed by atoms with van der Waals surface area (Å²) in [6.45, 7) is 12.1. The van der Waals surface area contributed by atoms with Crippen LogP contribution in [0.2, 0.25) is 5.02 Å². The number of nitrogens with one attached hydrogen (secondary N) is 3. The fraction of sp³-hybridized carbons (Fsp3) is 0.388. The van der Waals surface area contributed by atoms with Crippen molar-refractivity contribution in [3.05, 3.63) is 117 Å². The molecule has 2 aliphatic rings. The van der Waals surface area contributed by atoms with E-state index in [1.807, 2.05) is 67.6 Å². The Labute approximate surface area is 377 Å². The van der Waals surface area contributed by atoms with Gasteiger partial charge in [-0.15, -0.1) is 0 Å². The zero-order valence-corrected chi connectivity index (χ0v) is 38.0. The van der Waals surface area contributed by atoms with Crippen LogP contribution in [0.25, 0.3) is 39.0 Å². The van der Waals surface area contributed by atoms with Crippen molar-refractivity contribution in [1.29, 1.82) is 0 Å². The van der Waals surface area contributed by atoms with E-state index < -0.39 is 41.9 Å². The SMILES string of the molecule is Cc1c(-c2ccn3c(=O)c(CN(C[C@@H]4CCC(=O)N4)C(=O)OC(C)(C)C)cnc3c2)cccc1-c1cccc(-c2ccc3c(c2)CC(NC(=O)C(CO)NC(=O)OC(C)(C)C)C3)c1Cl. The van der Waals surface area contributed by atoms with Crippen LogP contribution in [0.4, 0.5) is 9.59 Å². The molecule has 0 spiro atoms. The van der Waals surface area contributed by atoms with Gasteiger partial charge in [-0.2, -0.15) is 0 Å². The number of aromatic nitrogens is 2. The smallest absolute Gasteiger partial charge is 0.410 e. The maximum absolute atomic E-state index is 13.8. The summed E-state index contributed by atoms with van der Waals surface area (Å²) in [5.74, 6) is -0.561. The van der Waals surface area contributed by atoms with Crippen molar-refractivity contribution < 1.29 is 33.8 Å². The van der Waals surface area contributed by atoms with Gasteiger partial charge in [0.25, 0.3) is 5.56 Å². The molecule has 5 aromatic rings. The van der Waals surface area contributed by atoms with Crippen molar-refractivity contribution in [1.82, 2.24) is 30.2 Å². The van der Waals surface area contributed by atoms with Gasteiger partial charge < -0.3 is 35.4 Å². The van der Waals surface area contributed by atoms with E-state index in [1.54, 1.807) is 47.7 Å². The third-order valence-corrected chi connectivity index (χ3v) is 11.6. The number of hydrogen-bond acceptors (Lipinski definition) is 9. The summed E-state index contributed by atoms with van der Waals surface area (Å²) in [6.07, 6.45) is 3.96. The Kier molecular flexibility index (Phi) is 13.2. The highest BCUT2D eigenvalue weighted by Gasteiger charge is 2.31. The number of fused-ring (bicyclic) bond motifs is 2. The number of ether oxygens (including phenoxy) is 2. The summed E-state index contributed by atoms with van der Waals surface area (Å²) < 4.78 is 12.4. The molecule has 14 nitrogen and oxygen atoms in total. The normalized spacial score (nSPS) is 16.5. The molecule has 15 heteroatoms. The minimum Gasteiger partial charge on any atom is -0.444 e. The quantitative estimate of drug-likeness (QED) is 0.107. The number of amides is 4. The van der Waals surface area contributed by atoms with E-state index in [2.05, 4.69) is 27.0 Å². The number of pyridine rings is 1. The molecule has 7 rings (SSSR count). The van der Waals surface area contributed by atoms with Crippen LogP contribution in [0, 0.1) is 6.92 Å². The average molecular weight is 891 g/mol. The minimum atomic E-state index is -1.15. The highest BCUT2D eigenvalue weighted by molar-refractivity contribution is 6.36. The third kappa shape index (κ3) is 10.6. The maximum Gasteiger partial charge on any atom is 0.410 e. The van der Waals surface area contributed by atoms with Crippen LogP contribution < -0.4 is 21.5 Å². The van der Waals surface area contributed by atoms with Crippen LogP contribution >= 0.6 is 11.6 Å². The van der Waals surface area contributed by atoms with E-state index in [4.69, 9.17) is 21.1 Å². The van der Waals surface area contributed by atoms with Crippen molar-refractivity contribution in [3.8, 4) is 33.4 Å². The van der Waals surface area contributed by atoms with E-state index in [-0.39, 0.29) is 36.6 Å². The molecule has 0 radical (unpaired) electrons. The first-order chi connectivity index (χ1) is 30.3. The summed E-state index contributed by atoms with van der Waals surface area (Å²) in [5.41, 5.74) is 7.42. The second-order valence-corrected chi connectivity index (χ2v) is 18.9. The molecule has 3 aromatic carbocycles. The van der Waals surface area contributed by atoms with Crippen LogP contribution in [-0.4, -0.2) is 85.9 Å². The molecule has 0 saturated carbocycles. The summed E-state index contributed by atoms with van der Waals surface area (Å²) in [5, 5.41) is 18.7. The minimum absolute atomic E-state index is 0.0363. The van der Waals surface area contributed by atoms with E-state index in [0.717, 1.165) is 50.1 Å². The number of benzene rings is 3. The summed E-state index contributed by atoms with van der Waals surface area (Å²) in [6, 6.07) is 20.2. The topological polar surface area (TPSA) is 181 Å². The van der Waals surface area contributed by atoms with Crippen molar-refractivity contribution in [2.24, 2.45) is 0 Å². The lowest BCUT2D eigenvalue weighted by Gasteiger charge is -2.29. The van der Waals surface area contributed by atoms with Crippen molar-refractivity contribution in [2.75, 3.05) is 13.2 Å². The number of alkyl carbamates (subject to hydrolysis) is 1. The molecule has 2 unspecified atom stereocenters. The largest absolute Gasteiger partial charge is 0.444 e. The number of carbonyl (C=O) groups excluding carboxylic acids is 4. The van der Waals surface area contributed by atoms with Crippen molar-refractivity contribution >= 4 is 41.2 Å². The fourth-order valence-electron chi connectivity index (χ4n) is 8.24. The zero-order chi connectivity index (χ0) is 46.1. The lowest BCUT2D eigenvalue weighted by Crippen LogP contribution is -2.52. The first kappa shape index (κ1) is 45.8. The molecule has 3 heterocycles. The molecule has 1 aliphatic heterocycles. The molecule has 1 saturated heterocycles. The lowest BCUT2D eigenvalue weighted by molar-refractivity contribution is -0.124. The average Bonchev–Trinajstić information content (AvgIpc) is 3.83. The number of rotatable bonds is 11. The summed E-state index contributed by atoms with van der Waals surface area (Å²) in [7, 11) is 0.